The molecule has 0 aromatic heterocycles. The molecule has 0 amide bonds. The Labute approximate surface area is 199 Å². The SMILES string of the molecule is CCCC.CCOC(=O)/C(F)=C/Oc1cc2c(cc1SC)N(c1ccccc1)CCCS2. The van der Waals surface area contributed by atoms with Crippen LogP contribution in [0.5, 0.6) is 5.75 Å². The first-order valence-corrected chi connectivity index (χ1v) is 13.1. The number of fused-ring (bicyclic) bond motifs is 1. The first-order valence-electron chi connectivity index (χ1n) is 10.9. The normalized spacial score (nSPS) is 13.4. The van der Waals surface area contributed by atoms with Gasteiger partial charge in [-0.15, -0.1) is 23.5 Å². The van der Waals surface area contributed by atoms with Crippen LogP contribution < -0.4 is 9.64 Å². The van der Waals surface area contributed by atoms with Crippen molar-refractivity contribution in [2.24, 2.45) is 0 Å². The predicted octanol–water partition coefficient (Wildman–Crippen LogP) is 7.60. The minimum Gasteiger partial charge on any atom is -0.461 e. The third-order valence-corrected chi connectivity index (χ3v) is 6.54. The average molecular weight is 478 g/mol. The maximum absolute atomic E-state index is 13.8. The fourth-order valence-corrected chi connectivity index (χ4v) is 4.41. The lowest BCUT2D eigenvalue weighted by Crippen LogP contribution is -2.18. The lowest BCUT2D eigenvalue weighted by molar-refractivity contribution is -0.140. The molecule has 0 aliphatic carbocycles. The molecular formula is C25H32FNO3S2. The van der Waals surface area contributed by atoms with Crippen LogP contribution in [0.1, 0.15) is 40.0 Å². The Hall–Kier alpha value is -2.12. The van der Waals surface area contributed by atoms with Gasteiger partial charge in [0.1, 0.15) is 12.0 Å². The first kappa shape index (κ1) is 26.1. The Bertz CT molecular complexity index is 888. The highest BCUT2D eigenvalue weighted by atomic mass is 32.2. The van der Waals surface area contributed by atoms with E-state index in [9.17, 15) is 9.18 Å². The fourth-order valence-electron chi connectivity index (χ4n) is 2.87. The number of carbonyl (C=O) groups excluding carboxylic acids is 1. The number of esters is 1. The largest absolute Gasteiger partial charge is 0.461 e. The Kier molecular flexibility index (Phi) is 11.5. The number of hydrogen-bond acceptors (Lipinski definition) is 6. The van der Waals surface area contributed by atoms with Crippen molar-refractivity contribution in [1.29, 1.82) is 0 Å². The van der Waals surface area contributed by atoms with Gasteiger partial charge in [-0.25, -0.2) is 4.79 Å². The van der Waals surface area contributed by atoms with Crippen molar-refractivity contribution >= 4 is 40.9 Å². The zero-order valence-electron chi connectivity index (χ0n) is 19.2. The summed E-state index contributed by atoms with van der Waals surface area (Å²) in [6.45, 7) is 7.02. The number of nitrogens with zero attached hydrogens (tertiary/aromatic N) is 1. The molecule has 174 valence electrons. The number of anilines is 2. The maximum atomic E-state index is 13.8. The number of unbranched alkanes of at least 4 members (excludes halogenated alkanes) is 1. The summed E-state index contributed by atoms with van der Waals surface area (Å²) in [5.74, 6) is -0.565. The van der Waals surface area contributed by atoms with Gasteiger partial charge in [0.15, 0.2) is 0 Å². The number of para-hydroxylation sites is 1. The van der Waals surface area contributed by atoms with E-state index in [-0.39, 0.29) is 6.61 Å². The van der Waals surface area contributed by atoms with Crippen LogP contribution in [0.2, 0.25) is 0 Å². The number of hydrogen-bond donors (Lipinski definition) is 0. The van der Waals surface area contributed by atoms with E-state index in [4.69, 9.17) is 4.74 Å². The molecule has 2 aromatic rings. The molecule has 1 heterocycles. The molecular weight excluding hydrogens is 445 g/mol. The summed E-state index contributed by atoms with van der Waals surface area (Å²) in [6, 6.07) is 14.2. The molecule has 0 spiro atoms. The molecule has 0 fully saturated rings. The molecule has 0 atom stereocenters. The summed E-state index contributed by atoms with van der Waals surface area (Å²) in [6.07, 6.45) is 6.45. The second-order valence-corrected chi connectivity index (χ2v) is 8.95. The minimum absolute atomic E-state index is 0.112. The van der Waals surface area contributed by atoms with Crippen LogP contribution in [-0.4, -0.2) is 31.1 Å². The Balaban J connectivity index is 0.000000837. The molecule has 4 nitrogen and oxygen atoms in total. The highest BCUT2D eigenvalue weighted by molar-refractivity contribution is 7.99. The van der Waals surface area contributed by atoms with Gasteiger partial charge < -0.3 is 14.4 Å². The van der Waals surface area contributed by atoms with Gasteiger partial charge in [-0.3, -0.25) is 0 Å². The molecule has 0 unspecified atom stereocenters. The molecule has 0 N–H and O–H groups in total. The van der Waals surface area contributed by atoms with Crippen molar-refractivity contribution in [2.75, 3.05) is 30.1 Å². The summed E-state index contributed by atoms with van der Waals surface area (Å²) in [7, 11) is 0. The van der Waals surface area contributed by atoms with E-state index in [0.717, 1.165) is 46.1 Å². The molecule has 0 radical (unpaired) electrons. The topological polar surface area (TPSA) is 38.8 Å². The lowest BCUT2D eigenvalue weighted by atomic mass is 10.2. The van der Waals surface area contributed by atoms with Crippen molar-refractivity contribution in [3.05, 3.63) is 54.6 Å². The summed E-state index contributed by atoms with van der Waals surface area (Å²) in [5, 5.41) is 0. The fraction of sp³-hybridized carbons (Fsp3) is 0.400. The van der Waals surface area contributed by atoms with E-state index in [0.29, 0.717) is 5.75 Å². The summed E-state index contributed by atoms with van der Waals surface area (Å²) >= 11 is 3.27. The van der Waals surface area contributed by atoms with Crippen molar-refractivity contribution in [3.8, 4) is 5.75 Å². The molecule has 0 bridgehead atoms. The monoisotopic (exact) mass is 477 g/mol. The van der Waals surface area contributed by atoms with E-state index in [1.807, 2.05) is 30.5 Å². The quantitative estimate of drug-likeness (QED) is 0.177. The van der Waals surface area contributed by atoms with Gasteiger partial charge >= 0.3 is 5.97 Å². The highest BCUT2D eigenvalue weighted by Gasteiger charge is 2.21. The molecule has 3 rings (SSSR count). The van der Waals surface area contributed by atoms with Crippen LogP contribution in [0, 0.1) is 0 Å². The highest BCUT2D eigenvalue weighted by Crippen LogP contribution is 2.44. The van der Waals surface area contributed by atoms with Crippen molar-refractivity contribution < 1.29 is 18.7 Å². The second kappa shape index (κ2) is 14.1. The summed E-state index contributed by atoms with van der Waals surface area (Å²) in [5.41, 5.74) is 2.25. The first-order chi connectivity index (χ1) is 15.5. The lowest BCUT2D eigenvalue weighted by Gasteiger charge is -2.25. The molecule has 1 aliphatic rings. The van der Waals surface area contributed by atoms with Crippen LogP contribution in [-0.2, 0) is 9.53 Å². The Morgan fingerprint density at radius 1 is 1.19 bits per heavy atom. The van der Waals surface area contributed by atoms with Gasteiger partial charge in [0.2, 0.25) is 5.83 Å². The van der Waals surface area contributed by atoms with Crippen molar-refractivity contribution in [2.45, 2.75) is 49.8 Å². The standard InChI is InChI=1S/C21H22FNO3S2.C4H10/c1-3-25-21(24)16(22)14-26-18-13-19-17(12-20(18)27-2)23(10-7-11-28-19)15-8-5-4-6-9-15;1-3-4-2/h4-6,8-9,12-14H,3,7,10-11H2,1-2H3;3-4H2,1-2H3/b16-14-;. The van der Waals surface area contributed by atoms with Crippen LogP contribution in [0.3, 0.4) is 0 Å². The van der Waals surface area contributed by atoms with E-state index in [2.05, 4.69) is 41.7 Å². The molecule has 7 heteroatoms. The van der Waals surface area contributed by atoms with E-state index >= 15 is 0 Å². The zero-order chi connectivity index (χ0) is 23.3. The number of carbonyl (C=O) groups is 1. The van der Waals surface area contributed by atoms with Crippen molar-refractivity contribution in [3.63, 3.8) is 0 Å². The van der Waals surface area contributed by atoms with E-state index < -0.39 is 11.8 Å². The second-order valence-electron chi connectivity index (χ2n) is 6.96. The molecule has 0 saturated heterocycles. The minimum atomic E-state index is -1.05. The van der Waals surface area contributed by atoms with Crippen LogP contribution >= 0.6 is 23.5 Å². The van der Waals surface area contributed by atoms with Gasteiger partial charge in [0, 0.05) is 17.1 Å². The number of halogens is 1. The summed E-state index contributed by atoms with van der Waals surface area (Å²) < 4.78 is 24.0. The third-order valence-electron chi connectivity index (χ3n) is 4.65. The van der Waals surface area contributed by atoms with Crippen molar-refractivity contribution in [1.82, 2.24) is 0 Å². The molecule has 0 saturated carbocycles. The molecule has 1 aliphatic heterocycles. The van der Waals surface area contributed by atoms with Crippen LogP contribution in [0.15, 0.2) is 64.3 Å². The van der Waals surface area contributed by atoms with Gasteiger partial charge in [0.05, 0.1) is 17.2 Å². The van der Waals surface area contributed by atoms with Gasteiger partial charge in [-0.05, 0) is 49.6 Å². The van der Waals surface area contributed by atoms with Gasteiger partial charge in [0.25, 0.3) is 0 Å². The third kappa shape index (κ3) is 7.48. The van der Waals surface area contributed by atoms with Gasteiger partial charge in [-0.1, -0.05) is 44.9 Å². The number of ether oxygens (including phenoxy) is 2. The zero-order valence-corrected chi connectivity index (χ0v) is 20.9. The predicted molar refractivity (Wildman–Crippen MR) is 134 cm³/mol. The van der Waals surface area contributed by atoms with Crippen LogP contribution in [0.25, 0.3) is 0 Å². The van der Waals surface area contributed by atoms with Crippen LogP contribution in [0.4, 0.5) is 15.8 Å². The average Bonchev–Trinajstić information content (AvgIpc) is 3.04. The number of rotatable bonds is 7. The Morgan fingerprint density at radius 2 is 1.91 bits per heavy atom. The van der Waals surface area contributed by atoms with E-state index in [1.165, 1.54) is 24.6 Å². The number of benzene rings is 2. The number of thioether (sulfide) groups is 2. The molecule has 32 heavy (non-hydrogen) atoms. The maximum Gasteiger partial charge on any atom is 0.370 e. The smallest absolute Gasteiger partial charge is 0.370 e. The molecule has 2 aromatic carbocycles. The van der Waals surface area contributed by atoms with Gasteiger partial charge in [-0.2, -0.15) is 4.39 Å². The van der Waals surface area contributed by atoms with E-state index in [1.54, 1.807) is 18.7 Å². The summed E-state index contributed by atoms with van der Waals surface area (Å²) in [4.78, 5) is 15.7. The Morgan fingerprint density at radius 3 is 2.53 bits per heavy atom.